The molecule has 2 saturated carbocycles. The highest BCUT2D eigenvalue weighted by atomic mass is 16.4. The molecule has 2 bridgehead atoms. The summed E-state index contributed by atoms with van der Waals surface area (Å²) >= 11 is 0. The molecule has 0 radical (unpaired) electrons. The number of rotatable bonds is 2. The highest BCUT2D eigenvalue weighted by molar-refractivity contribution is 5.89. The number of carbonyl (C=O) groups is 2. The highest BCUT2D eigenvalue weighted by Gasteiger charge is 2.26. The van der Waals surface area contributed by atoms with E-state index in [0.717, 1.165) is 11.8 Å². The minimum absolute atomic E-state index is 0.558. The van der Waals surface area contributed by atoms with Gasteiger partial charge < -0.3 is 10.2 Å². The monoisotopic (exact) mass is 240 g/mol. The molecule has 0 amide bonds. The summed E-state index contributed by atoms with van der Waals surface area (Å²) < 4.78 is 0. The lowest BCUT2D eigenvalue weighted by molar-refractivity contribution is -0.134. The number of aliphatic carboxylic acids is 2. The van der Waals surface area contributed by atoms with Crippen LogP contribution in [0.5, 0.6) is 0 Å². The van der Waals surface area contributed by atoms with Crippen LogP contribution in [-0.4, -0.2) is 22.2 Å². The molecule has 2 N–H and O–H groups in total. The van der Waals surface area contributed by atoms with Crippen LogP contribution in [-0.2, 0) is 9.59 Å². The molecule has 96 valence electrons. The number of carboxylic acids is 2. The van der Waals surface area contributed by atoms with E-state index in [1.807, 2.05) is 0 Å². The van der Waals surface area contributed by atoms with Crippen molar-refractivity contribution in [2.24, 2.45) is 11.8 Å². The van der Waals surface area contributed by atoms with Crippen molar-refractivity contribution in [3.05, 3.63) is 12.2 Å². The van der Waals surface area contributed by atoms with Gasteiger partial charge >= 0.3 is 11.9 Å². The summed E-state index contributed by atoms with van der Waals surface area (Å²) in [4.78, 5) is 19.1. The van der Waals surface area contributed by atoms with Gasteiger partial charge in [0.05, 0.1) is 0 Å². The predicted molar refractivity (Wildman–Crippen MR) is 63.7 cm³/mol. The summed E-state index contributed by atoms with van der Waals surface area (Å²) in [7, 11) is 0. The Morgan fingerprint density at radius 3 is 1.59 bits per heavy atom. The summed E-state index contributed by atoms with van der Waals surface area (Å²) in [6.07, 6.45) is 12.0. The van der Waals surface area contributed by atoms with Gasteiger partial charge in [0, 0.05) is 12.2 Å². The van der Waals surface area contributed by atoms with Crippen LogP contribution < -0.4 is 0 Å². The lowest BCUT2D eigenvalue weighted by atomic mass is 10.0. The molecule has 2 atom stereocenters. The first-order valence-corrected chi connectivity index (χ1v) is 6.22. The van der Waals surface area contributed by atoms with E-state index in [0.29, 0.717) is 12.2 Å². The van der Waals surface area contributed by atoms with Crippen molar-refractivity contribution in [2.75, 3.05) is 0 Å². The lowest BCUT2D eigenvalue weighted by Gasteiger charge is -2.05. The molecular formula is C13H20O4. The van der Waals surface area contributed by atoms with Gasteiger partial charge in [0.2, 0.25) is 0 Å². The zero-order chi connectivity index (χ0) is 12.7. The van der Waals surface area contributed by atoms with Crippen LogP contribution in [0.25, 0.3) is 0 Å². The summed E-state index contributed by atoms with van der Waals surface area (Å²) in [6, 6.07) is 0. The molecule has 2 unspecified atom stereocenters. The molecule has 0 aliphatic heterocycles. The summed E-state index contributed by atoms with van der Waals surface area (Å²) in [5.41, 5.74) is 0. The van der Waals surface area contributed by atoms with Crippen molar-refractivity contribution in [2.45, 2.75) is 44.9 Å². The van der Waals surface area contributed by atoms with E-state index < -0.39 is 11.9 Å². The van der Waals surface area contributed by atoms with E-state index in [-0.39, 0.29) is 0 Å². The fraction of sp³-hybridized carbons (Fsp3) is 0.692. The van der Waals surface area contributed by atoms with E-state index in [1.165, 1.54) is 12.8 Å². The third-order valence-corrected chi connectivity index (χ3v) is 3.49. The first-order chi connectivity index (χ1) is 8.08. The molecule has 2 fully saturated rings. The van der Waals surface area contributed by atoms with E-state index in [9.17, 15) is 9.59 Å². The quantitative estimate of drug-likeness (QED) is 0.728. The maximum Gasteiger partial charge on any atom is 0.328 e. The predicted octanol–water partition coefficient (Wildman–Crippen LogP) is 2.69. The van der Waals surface area contributed by atoms with Gasteiger partial charge in [0.1, 0.15) is 0 Å². The number of carboxylic acid groups (broad SMARTS) is 2. The molecule has 17 heavy (non-hydrogen) atoms. The zero-order valence-electron chi connectivity index (χ0n) is 9.97. The van der Waals surface area contributed by atoms with Crippen LogP contribution in [0.4, 0.5) is 0 Å². The van der Waals surface area contributed by atoms with Crippen LogP contribution >= 0.6 is 0 Å². The average molecular weight is 240 g/mol. The first kappa shape index (κ1) is 13.7. The Bertz CT molecular complexity index is 268. The van der Waals surface area contributed by atoms with Gasteiger partial charge in [-0.15, -0.1) is 0 Å². The second-order valence-corrected chi connectivity index (χ2v) is 4.84. The van der Waals surface area contributed by atoms with Crippen LogP contribution in [0, 0.1) is 11.8 Å². The normalized spacial score (nSPS) is 27.1. The highest BCUT2D eigenvalue weighted by Crippen LogP contribution is 2.39. The molecule has 0 saturated heterocycles. The Morgan fingerprint density at radius 2 is 1.24 bits per heavy atom. The van der Waals surface area contributed by atoms with E-state index in [1.54, 1.807) is 32.1 Å². The van der Waals surface area contributed by atoms with Gasteiger partial charge in [-0.25, -0.2) is 9.59 Å². The third kappa shape index (κ3) is 6.09. The Balaban J connectivity index is 0.000000172. The second kappa shape index (κ2) is 7.09. The topological polar surface area (TPSA) is 74.6 Å². The first-order valence-electron chi connectivity index (χ1n) is 6.22. The zero-order valence-corrected chi connectivity index (χ0v) is 9.97. The molecule has 0 aromatic heterocycles. The molecule has 0 aromatic carbocycles. The van der Waals surface area contributed by atoms with Gasteiger partial charge in [-0.05, 0) is 18.3 Å². The SMILES string of the molecule is C1CCC2CCC(C1)C2.O=C(O)/C=C/C(=O)O. The summed E-state index contributed by atoms with van der Waals surface area (Å²) in [6.45, 7) is 0. The summed E-state index contributed by atoms with van der Waals surface area (Å²) in [5, 5.41) is 15.6. The molecule has 2 rings (SSSR count). The van der Waals surface area contributed by atoms with Crippen molar-refractivity contribution < 1.29 is 19.8 Å². The van der Waals surface area contributed by atoms with E-state index in [4.69, 9.17) is 10.2 Å². The molecular weight excluding hydrogens is 220 g/mol. The minimum atomic E-state index is -1.26. The van der Waals surface area contributed by atoms with Crippen LogP contribution in [0.15, 0.2) is 12.2 Å². The van der Waals surface area contributed by atoms with Gasteiger partial charge in [-0.1, -0.05) is 38.5 Å². The standard InChI is InChI=1S/C9H16.C4H4O4/c1-2-4-9-6-5-8(3-1)7-9;5-3(6)1-2-4(7)8/h8-9H,1-7H2;1-2H,(H,5,6)(H,7,8)/b;2-1+. The molecule has 2 aliphatic carbocycles. The van der Waals surface area contributed by atoms with E-state index >= 15 is 0 Å². The van der Waals surface area contributed by atoms with Gasteiger partial charge in [0.25, 0.3) is 0 Å². The maximum atomic E-state index is 9.55. The van der Waals surface area contributed by atoms with Crippen molar-refractivity contribution >= 4 is 11.9 Å². The number of hydrogen-bond acceptors (Lipinski definition) is 2. The Morgan fingerprint density at radius 1 is 0.824 bits per heavy atom. The Labute approximate surface area is 101 Å². The molecule has 0 spiro atoms. The molecule has 0 heterocycles. The van der Waals surface area contributed by atoms with Gasteiger partial charge in [0.15, 0.2) is 0 Å². The largest absolute Gasteiger partial charge is 0.478 e. The minimum Gasteiger partial charge on any atom is -0.478 e. The van der Waals surface area contributed by atoms with E-state index in [2.05, 4.69) is 0 Å². The van der Waals surface area contributed by atoms with Gasteiger partial charge in [-0.2, -0.15) is 0 Å². The number of hydrogen-bond donors (Lipinski definition) is 2. The maximum absolute atomic E-state index is 9.55. The average Bonchev–Trinajstić information content (AvgIpc) is 2.55. The van der Waals surface area contributed by atoms with Crippen LogP contribution in [0.2, 0.25) is 0 Å². The molecule has 0 aromatic rings. The molecule has 4 heteroatoms. The van der Waals surface area contributed by atoms with Crippen LogP contribution in [0.1, 0.15) is 44.9 Å². The number of fused-ring (bicyclic) bond motifs is 2. The van der Waals surface area contributed by atoms with Crippen molar-refractivity contribution in [1.29, 1.82) is 0 Å². The fourth-order valence-corrected chi connectivity index (χ4v) is 2.71. The molecule has 2 aliphatic rings. The Hall–Kier alpha value is -1.32. The lowest BCUT2D eigenvalue weighted by Crippen LogP contribution is -1.91. The smallest absolute Gasteiger partial charge is 0.328 e. The van der Waals surface area contributed by atoms with Crippen molar-refractivity contribution in [3.63, 3.8) is 0 Å². The van der Waals surface area contributed by atoms with Gasteiger partial charge in [-0.3, -0.25) is 0 Å². The Kier molecular flexibility index (Phi) is 5.73. The van der Waals surface area contributed by atoms with Crippen molar-refractivity contribution in [1.82, 2.24) is 0 Å². The summed E-state index contributed by atoms with van der Waals surface area (Å²) in [5.74, 6) is -0.213. The third-order valence-electron chi connectivity index (χ3n) is 3.49. The molecule has 4 nitrogen and oxygen atoms in total. The second-order valence-electron chi connectivity index (χ2n) is 4.84. The van der Waals surface area contributed by atoms with Crippen LogP contribution in [0.3, 0.4) is 0 Å². The fourth-order valence-electron chi connectivity index (χ4n) is 2.71. The van der Waals surface area contributed by atoms with Crippen molar-refractivity contribution in [3.8, 4) is 0 Å².